The number of hydrogen-bond acceptors (Lipinski definition) is 5. The maximum absolute atomic E-state index is 10.5. The highest BCUT2D eigenvalue weighted by atomic mass is 79.9. The van der Waals surface area contributed by atoms with Gasteiger partial charge in [-0.1, -0.05) is 42.5 Å². The third kappa shape index (κ3) is 4.52. The number of nitrogens with zero attached hydrogens (tertiary/aromatic N) is 2. The highest BCUT2D eigenvalue weighted by molar-refractivity contribution is 9.10. The summed E-state index contributed by atoms with van der Waals surface area (Å²) >= 11 is 3.44. The van der Waals surface area contributed by atoms with Crippen LogP contribution < -0.4 is 0 Å². The van der Waals surface area contributed by atoms with Gasteiger partial charge in [0, 0.05) is 11.8 Å². The number of aliphatic imine (C=N–C) groups is 1. The minimum Gasteiger partial charge on any atom is -0.507 e. The van der Waals surface area contributed by atoms with E-state index in [9.17, 15) is 10.2 Å². The highest BCUT2D eigenvalue weighted by Gasteiger charge is 2.13. The van der Waals surface area contributed by atoms with Crippen molar-refractivity contribution in [3.63, 3.8) is 0 Å². The van der Waals surface area contributed by atoms with E-state index in [1.165, 1.54) is 5.56 Å². The average molecular weight is 499 g/mol. The number of phenolic OH excluding ortho intramolecular Hbond substituents is 2. The van der Waals surface area contributed by atoms with E-state index >= 15 is 0 Å². The minimum absolute atomic E-state index is 0.0518. The summed E-state index contributed by atoms with van der Waals surface area (Å²) in [5.41, 5.74) is 5.21. The van der Waals surface area contributed by atoms with Gasteiger partial charge in [0.25, 0.3) is 0 Å². The molecule has 0 aliphatic carbocycles. The molecule has 4 aromatic carbocycles. The van der Waals surface area contributed by atoms with Gasteiger partial charge in [0.1, 0.15) is 17.0 Å². The van der Waals surface area contributed by atoms with Crippen molar-refractivity contribution >= 4 is 38.9 Å². The molecule has 0 bridgehead atoms. The van der Waals surface area contributed by atoms with Crippen LogP contribution in [0.4, 0.5) is 5.69 Å². The molecule has 0 unspecified atom stereocenters. The lowest BCUT2D eigenvalue weighted by atomic mass is 10.0. The molecule has 0 fully saturated rings. The number of halogens is 1. The Morgan fingerprint density at radius 3 is 2.48 bits per heavy atom. The number of oxazole rings is 1. The minimum atomic E-state index is 0.0518. The summed E-state index contributed by atoms with van der Waals surface area (Å²) in [5, 5.41) is 20.9. The van der Waals surface area contributed by atoms with E-state index in [1.54, 1.807) is 24.4 Å². The molecule has 0 saturated carbocycles. The van der Waals surface area contributed by atoms with Gasteiger partial charge in [-0.2, -0.15) is 0 Å². The second kappa shape index (κ2) is 8.92. The van der Waals surface area contributed by atoms with E-state index in [0.29, 0.717) is 38.3 Å². The van der Waals surface area contributed by atoms with Gasteiger partial charge in [0.2, 0.25) is 5.89 Å². The van der Waals surface area contributed by atoms with E-state index in [1.807, 2.05) is 54.6 Å². The number of phenols is 2. The van der Waals surface area contributed by atoms with E-state index in [0.717, 1.165) is 12.0 Å². The molecule has 0 aliphatic rings. The van der Waals surface area contributed by atoms with Crippen molar-refractivity contribution in [2.24, 2.45) is 4.99 Å². The summed E-state index contributed by atoms with van der Waals surface area (Å²) in [7, 11) is 0. The Morgan fingerprint density at radius 1 is 0.879 bits per heavy atom. The van der Waals surface area contributed by atoms with E-state index in [-0.39, 0.29) is 11.5 Å². The SMILES string of the molecule is Oc1ccc(N=Cc2cc(Cc3ccccc3)cc(Br)c2O)cc1-c1nc2ccccc2o1. The van der Waals surface area contributed by atoms with Gasteiger partial charge in [0.15, 0.2) is 5.58 Å². The van der Waals surface area contributed by atoms with Gasteiger partial charge in [-0.05, 0) is 75.9 Å². The fourth-order valence-corrected chi connectivity index (χ4v) is 4.14. The normalized spacial score (nSPS) is 11.4. The Labute approximate surface area is 198 Å². The lowest BCUT2D eigenvalue weighted by Crippen LogP contribution is -1.92. The molecule has 2 N–H and O–H groups in total. The molecular formula is C27H19BrN2O3. The summed E-state index contributed by atoms with van der Waals surface area (Å²) < 4.78 is 6.40. The molecule has 5 aromatic rings. The second-order valence-corrected chi connectivity index (χ2v) is 8.48. The standard InChI is InChI=1S/C27H19BrN2O3/c28-22-14-18(12-17-6-2-1-3-7-17)13-19(26(22)32)16-29-20-10-11-24(31)21(15-20)27-30-23-8-4-5-9-25(23)33-27/h1-11,13-16,31-32H,12H2. The predicted molar refractivity (Wildman–Crippen MR) is 133 cm³/mol. The molecule has 0 aliphatic heterocycles. The van der Waals surface area contributed by atoms with Crippen LogP contribution in [0.15, 0.2) is 98.8 Å². The molecule has 0 atom stereocenters. The molecule has 0 amide bonds. The fourth-order valence-electron chi connectivity index (χ4n) is 3.62. The topological polar surface area (TPSA) is 78.9 Å². The first-order chi connectivity index (χ1) is 16.1. The predicted octanol–water partition coefficient (Wildman–Crippen LogP) is 7.01. The number of fused-ring (bicyclic) bond motifs is 1. The van der Waals surface area contributed by atoms with Gasteiger partial charge >= 0.3 is 0 Å². The molecule has 0 saturated heterocycles. The quantitative estimate of drug-likeness (QED) is 0.255. The number of hydrogen-bond donors (Lipinski definition) is 2. The Morgan fingerprint density at radius 2 is 1.67 bits per heavy atom. The zero-order valence-electron chi connectivity index (χ0n) is 17.4. The molecule has 6 heteroatoms. The van der Waals surface area contributed by atoms with Crippen molar-refractivity contribution in [2.75, 3.05) is 0 Å². The van der Waals surface area contributed by atoms with Crippen molar-refractivity contribution in [2.45, 2.75) is 6.42 Å². The van der Waals surface area contributed by atoms with Gasteiger partial charge in [0.05, 0.1) is 15.7 Å². The summed E-state index contributed by atoms with van der Waals surface area (Å²) in [6.07, 6.45) is 2.35. The van der Waals surface area contributed by atoms with E-state index < -0.39 is 0 Å². The first-order valence-corrected chi connectivity index (χ1v) is 11.1. The molecule has 33 heavy (non-hydrogen) atoms. The van der Waals surface area contributed by atoms with Crippen LogP contribution in [0, 0.1) is 0 Å². The lowest BCUT2D eigenvalue weighted by molar-refractivity contribution is 0.470. The van der Waals surface area contributed by atoms with Crippen molar-refractivity contribution in [3.8, 4) is 23.0 Å². The number of benzene rings is 4. The molecular weight excluding hydrogens is 480 g/mol. The molecule has 0 spiro atoms. The van der Waals surface area contributed by atoms with Crippen LogP contribution in [-0.2, 0) is 6.42 Å². The molecule has 5 rings (SSSR count). The van der Waals surface area contributed by atoms with Gasteiger partial charge in [-0.15, -0.1) is 0 Å². The third-order valence-corrected chi connectivity index (χ3v) is 5.87. The van der Waals surface area contributed by atoms with Crippen LogP contribution >= 0.6 is 15.9 Å². The van der Waals surface area contributed by atoms with Crippen LogP contribution in [0.1, 0.15) is 16.7 Å². The van der Waals surface area contributed by atoms with Crippen LogP contribution in [0.2, 0.25) is 0 Å². The first-order valence-electron chi connectivity index (χ1n) is 10.4. The summed E-state index contributed by atoms with van der Waals surface area (Å²) in [6, 6.07) is 26.3. The monoisotopic (exact) mass is 498 g/mol. The lowest BCUT2D eigenvalue weighted by Gasteiger charge is -2.08. The summed E-state index contributed by atoms with van der Waals surface area (Å²) in [4.78, 5) is 8.98. The maximum atomic E-state index is 10.5. The Hall–Kier alpha value is -3.90. The van der Waals surface area contributed by atoms with Crippen LogP contribution in [0.5, 0.6) is 11.5 Å². The summed E-state index contributed by atoms with van der Waals surface area (Å²) in [6.45, 7) is 0. The Kier molecular flexibility index (Phi) is 5.67. The van der Waals surface area contributed by atoms with E-state index in [4.69, 9.17) is 4.42 Å². The Bertz CT molecular complexity index is 1440. The molecule has 0 radical (unpaired) electrons. The number of para-hydroxylation sites is 2. The van der Waals surface area contributed by atoms with E-state index in [2.05, 4.69) is 38.0 Å². The first kappa shape index (κ1) is 21.0. The largest absolute Gasteiger partial charge is 0.507 e. The molecule has 162 valence electrons. The average Bonchev–Trinajstić information content (AvgIpc) is 3.26. The molecule has 1 aromatic heterocycles. The summed E-state index contributed by atoms with van der Waals surface area (Å²) in [5.74, 6) is 0.491. The smallest absolute Gasteiger partial charge is 0.231 e. The van der Waals surface area contributed by atoms with Gasteiger partial charge in [-0.25, -0.2) is 4.98 Å². The highest BCUT2D eigenvalue weighted by Crippen LogP contribution is 2.35. The van der Waals surface area contributed by atoms with Crippen LogP contribution in [-0.4, -0.2) is 21.4 Å². The van der Waals surface area contributed by atoms with Gasteiger partial charge < -0.3 is 14.6 Å². The zero-order chi connectivity index (χ0) is 22.8. The number of aromatic nitrogens is 1. The Balaban J connectivity index is 1.46. The van der Waals surface area contributed by atoms with Crippen molar-refractivity contribution < 1.29 is 14.6 Å². The molecule has 1 heterocycles. The van der Waals surface area contributed by atoms with Crippen molar-refractivity contribution in [1.82, 2.24) is 4.98 Å². The van der Waals surface area contributed by atoms with Gasteiger partial charge in [-0.3, -0.25) is 4.99 Å². The fraction of sp³-hybridized carbons (Fsp3) is 0.0370. The van der Waals surface area contributed by atoms with Crippen molar-refractivity contribution in [3.05, 3.63) is 106 Å². The molecule has 5 nitrogen and oxygen atoms in total. The maximum Gasteiger partial charge on any atom is 0.231 e. The van der Waals surface area contributed by atoms with Crippen molar-refractivity contribution in [1.29, 1.82) is 0 Å². The third-order valence-electron chi connectivity index (χ3n) is 5.26. The number of rotatable bonds is 5. The number of aromatic hydroxyl groups is 2. The van der Waals surface area contributed by atoms with Crippen LogP contribution in [0.25, 0.3) is 22.6 Å². The second-order valence-electron chi connectivity index (χ2n) is 7.62. The van der Waals surface area contributed by atoms with Crippen LogP contribution in [0.3, 0.4) is 0 Å². The zero-order valence-corrected chi connectivity index (χ0v) is 19.0.